The Morgan fingerprint density at radius 1 is 1.10 bits per heavy atom. The zero-order valence-electron chi connectivity index (χ0n) is 15.3. The minimum absolute atomic E-state index is 0.0949. The summed E-state index contributed by atoms with van der Waals surface area (Å²) in [4.78, 5) is 25.3. The van der Waals surface area contributed by atoms with Crippen molar-refractivity contribution in [2.45, 2.75) is 6.18 Å². The number of anilines is 1. The molecule has 0 bridgehead atoms. The number of thiophene rings is 1. The van der Waals surface area contributed by atoms with Gasteiger partial charge in [0.05, 0.1) is 32.9 Å². The summed E-state index contributed by atoms with van der Waals surface area (Å²) in [6.45, 7) is 0. The van der Waals surface area contributed by atoms with Gasteiger partial charge in [0.1, 0.15) is 0 Å². The number of nitrogens with one attached hydrogen (secondary N) is 2. The highest BCUT2D eigenvalue weighted by Gasteiger charge is 2.33. The Balaban J connectivity index is 1.76. The zero-order chi connectivity index (χ0) is 22.6. The van der Waals surface area contributed by atoms with Gasteiger partial charge in [-0.1, -0.05) is 39.7 Å². The molecule has 11 heteroatoms. The topological polar surface area (TPSA) is 70.6 Å². The van der Waals surface area contributed by atoms with Crippen LogP contribution in [0.4, 0.5) is 18.9 Å². The lowest BCUT2D eigenvalue weighted by Gasteiger charge is -2.10. The van der Waals surface area contributed by atoms with Crippen LogP contribution in [0.5, 0.6) is 0 Å². The minimum atomic E-state index is -4.61. The fourth-order valence-electron chi connectivity index (χ4n) is 2.47. The van der Waals surface area contributed by atoms with Crippen LogP contribution in [0, 0.1) is 0 Å². The number of hydrogen-bond donors (Lipinski definition) is 2. The average molecular weight is 531 g/mol. The molecule has 31 heavy (non-hydrogen) atoms. The highest BCUT2D eigenvalue weighted by molar-refractivity contribution is 9.10. The van der Waals surface area contributed by atoms with Crippen molar-refractivity contribution in [1.82, 2.24) is 5.43 Å². The summed E-state index contributed by atoms with van der Waals surface area (Å²) in [6.07, 6.45) is -3.55. The van der Waals surface area contributed by atoms with E-state index in [1.165, 1.54) is 23.5 Å². The van der Waals surface area contributed by atoms with E-state index in [1.807, 2.05) is 0 Å². The van der Waals surface area contributed by atoms with Gasteiger partial charge in [-0.3, -0.25) is 9.59 Å². The molecule has 0 unspecified atom stereocenters. The van der Waals surface area contributed by atoms with Gasteiger partial charge in [0.25, 0.3) is 11.8 Å². The third kappa shape index (κ3) is 5.93. The summed E-state index contributed by atoms with van der Waals surface area (Å²) in [7, 11) is 0. The molecule has 0 spiro atoms. The quantitative estimate of drug-likeness (QED) is 0.305. The first-order chi connectivity index (χ1) is 14.6. The van der Waals surface area contributed by atoms with E-state index in [9.17, 15) is 22.8 Å². The third-order valence-electron chi connectivity index (χ3n) is 3.89. The predicted octanol–water partition coefficient (Wildman–Crippen LogP) is 6.20. The number of hydrogen-bond acceptors (Lipinski definition) is 4. The summed E-state index contributed by atoms with van der Waals surface area (Å²) in [5.41, 5.74) is 1.70. The summed E-state index contributed by atoms with van der Waals surface area (Å²) in [5.74, 6) is -1.04. The van der Waals surface area contributed by atoms with Gasteiger partial charge in [0, 0.05) is 4.47 Å². The monoisotopic (exact) mass is 529 g/mol. The molecule has 0 radical (unpaired) electrons. The van der Waals surface area contributed by atoms with Crippen LogP contribution < -0.4 is 10.7 Å². The standard InChI is InChI=1S/C20H12BrClF3N3O2S/c21-12-4-6-16(27-19(30)17-2-1-7-31-17)13(9-12)18(29)28-26-10-11-3-5-15(22)14(8-11)20(23,24)25/h1-10H,(H,27,30)(H,28,29)/b26-10+. The highest BCUT2D eigenvalue weighted by atomic mass is 79.9. The van der Waals surface area contributed by atoms with Crippen molar-refractivity contribution >= 4 is 62.6 Å². The van der Waals surface area contributed by atoms with Crippen molar-refractivity contribution in [3.8, 4) is 0 Å². The second kappa shape index (κ2) is 9.63. The molecule has 2 amide bonds. The van der Waals surface area contributed by atoms with Gasteiger partial charge in [0.2, 0.25) is 0 Å². The first kappa shape index (κ1) is 23.0. The third-order valence-corrected chi connectivity index (χ3v) is 5.59. The molecule has 0 saturated heterocycles. The fraction of sp³-hybridized carbons (Fsp3) is 0.0500. The number of nitrogens with zero attached hydrogens (tertiary/aromatic N) is 1. The predicted molar refractivity (Wildman–Crippen MR) is 118 cm³/mol. The summed E-state index contributed by atoms with van der Waals surface area (Å²) >= 11 is 10.1. The summed E-state index contributed by atoms with van der Waals surface area (Å²) in [5, 5.41) is 7.68. The maximum Gasteiger partial charge on any atom is 0.417 e. The van der Waals surface area contributed by atoms with E-state index in [2.05, 4.69) is 31.8 Å². The molecule has 0 aliphatic carbocycles. The van der Waals surface area contributed by atoms with Crippen LogP contribution in [0.15, 0.2) is 63.5 Å². The van der Waals surface area contributed by atoms with E-state index < -0.39 is 22.7 Å². The van der Waals surface area contributed by atoms with Crippen molar-refractivity contribution in [2.75, 3.05) is 5.32 Å². The number of carbonyl (C=O) groups is 2. The van der Waals surface area contributed by atoms with E-state index in [0.29, 0.717) is 9.35 Å². The Morgan fingerprint density at radius 3 is 2.55 bits per heavy atom. The molecule has 3 rings (SSSR count). The molecule has 1 aromatic heterocycles. The van der Waals surface area contributed by atoms with Crippen LogP contribution in [0.3, 0.4) is 0 Å². The number of benzene rings is 2. The minimum Gasteiger partial charge on any atom is -0.321 e. The van der Waals surface area contributed by atoms with Crippen molar-refractivity contribution in [3.05, 3.63) is 85.0 Å². The van der Waals surface area contributed by atoms with Crippen molar-refractivity contribution in [1.29, 1.82) is 0 Å². The van der Waals surface area contributed by atoms with E-state index >= 15 is 0 Å². The van der Waals surface area contributed by atoms with Gasteiger partial charge < -0.3 is 5.32 Å². The first-order valence-corrected chi connectivity index (χ1v) is 10.5. The maximum absolute atomic E-state index is 13.0. The van der Waals surface area contributed by atoms with Crippen LogP contribution in [0.2, 0.25) is 5.02 Å². The lowest BCUT2D eigenvalue weighted by Crippen LogP contribution is -2.21. The largest absolute Gasteiger partial charge is 0.417 e. The number of rotatable bonds is 5. The molecule has 0 saturated carbocycles. The molecule has 1 heterocycles. The summed E-state index contributed by atoms with van der Waals surface area (Å²) in [6, 6.07) is 11.3. The normalized spacial score (nSPS) is 11.5. The molecular weight excluding hydrogens is 519 g/mol. The number of alkyl halides is 3. The van der Waals surface area contributed by atoms with Crippen LogP contribution in [-0.2, 0) is 6.18 Å². The smallest absolute Gasteiger partial charge is 0.321 e. The van der Waals surface area contributed by atoms with Gasteiger partial charge >= 0.3 is 6.18 Å². The zero-order valence-corrected chi connectivity index (χ0v) is 18.5. The molecule has 5 nitrogen and oxygen atoms in total. The highest BCUT2D eigenvalue weighted by Crippen LogP contribution is 2.34. The molecule has 2 N–H and O–H groups in total. The summed E-state index contributed by atoms with van der Waals surface area (Å²) < 4.78 is 39.4. The average Bonchev–Trinajstić information content (AvgIpc) is 3.24. The van der Waals surface area contributed by atoms with E-state index in [0.717, 1.165) is 18.3 Å². The van der Waals surface area contributed by atoms with Gasteiger partial charge in [-0.05, 0) is 47.3 Å². The van der Waals surface area contributed by atoms with E-state index in [-0.39, 0.29) is 22.7 Å². The Bertz CT molecular complexity index is 1150. The van der Waals surface area contributed by atoms with Crippen LogP contribution in [0.1, 0.15) is 31.2 Å². The van der Waals surface area contributed by atoms with Gasteiger partial charge in [-0.25, -0.2) is 5.43 Å². The Kier molecular flexibility index (Phi) is 7.14. The maximum atomic E-state index is 13.0. The van der Waals surface area contributed by atoms with Gasteiger partial charge in [-0.15, -0.1) is 11.3 Å². The Morgan fingerprint density at radius 2 is 1.87 bits per heavy atom. The number of hydrazone groups is 1. The number of carbonyl (C=O) groups excluding carboxylic acids is 2. The second-order valence-corrected chi connectivity index (χ2v) is 8.33. The Labute approximate surface area is 192 Å². The molecular formula is C20H12BrClF3N3O2S. The molecule has 2 aromatic carbocycles. The SMILES string of the molecule is O=C(Nc1ccc(Br)cc1C(=O)N/N=C/c1ccc(Cl)c(C(F)(F)F)c1)c1cccs1. The van der Waals surface area contributed by atoms with Crippen molar-refractivity contribution in [2.24, 2.45) is 5.10 Å². The van der Waals surface area contributed by atoms with E-state index in [4.69, 9.17) is 11.6 Å². The molecule has 0 aliphatic heterocycles. The first-order valence-electron chi connectivity index (χ1n) is 8.49. The molecule has 3 aromatic rings. The van der Waals surface area contributed by atoms with Gasteiger partial charge in [-0.2, -0.15) is 18.3 Å². The Hall–Kier alpha value is -2.69. The fourth-order valence-corrected chi connectivity index (χ4v) is 3.68. The molecule has 0 fully saturated rings. The van der Waals surface area contributed by atoms with E-state index in [1.54, 1.807) is 29.6 Å². The lowest BCUT2D eigenvalue weighted by molar-refractivity contribution is -0.137. The molecule has 160 valence electrons. The van der Waals surface area contributed by atoms with Crippen molar-refractivity contribution in [3.63, 3.8) is 0 Å². The van der Waals surface area contributed by atoms with Gasteiger partial charge in [0.15, 0.2) is 0 Å². The number of amides is 2. The molecule has 0 aliphatic rings. The van der Waals surface area contributed by atoms with Crippen LogP contribution in [0.25, 0.3) is 0 Å². The number of halogens is 5. The molecule has 0 atom stereocenters. The van der Waals surface area contributed by atoms with Crippen molar-refractivity contribution < 1.29 is 22.8 Å². The van der Waals surface area contributed by atoms with Crippen LogP contribution in [-0.4, -0.2) is 18.0 Å². The van der Waals surface area contributed by atoms with Crippen LogP contribution >= 0.6 is 38.9 Å². The lowest BCUT2D eigenvalue weighted by atomic mass is 10.1. The second-order valence-electron chi connectivity index (χ2n) is 6.06.